The second kappa shape index (κ2) is 8.86. The van der Waals surface area contributed by atoms with E-state index in [4.69, 9.17) is 9.72 Å². The zero-order chi connectivity index (χ0) is 22.1. The fraction of sp³-hybridized carbons (Fsp3) is 0.500. The molecule has 2 atom stereocenters. The Hall–Kier alpha value is -3.00. The number of hydrogen-bond donors (Lipinski definition) is 1. The van der Waals surface area contributed by atoms with Gasteiger partial charge in [-0.25, -0.2) is 9.67 Å². The first-order valence-electron chi connectivity index (χ1n) is 11.5. The van der Waals surface area contributed by atoms with Crippen molar-refractivity contribution in [3.8, 4) is 5.69 Å². The Morgan fingerprint density at radius 1 is 1.16 bits per heavy atom. The van der Waals surface area contributed by atoms with Crippen LogP contribution in [0.4, 0.5) is 0 Å². The highest BCUT2D eigenvalue weighted by Crippen LogP contribution is 2.38. The molecule has 1 aliphatic heterocycles. The molecule has 0 bridgehead atoms. The first-order chi connectivity index (χ1) is 15.6. The lowest BCUT2D eigenvalue weighted by Crippen LogP contribution is -2.37. The highest BCUT2D eigenvalue weighted by molar-refractivity contribution is 5.76. The van der Waals surface area contributed by atoms with Crippen LogP contribution in [0.5, 0.6) is 0 Å². The first-order valence-corrected chi connectivity index (χ1v) is 11.5. The van der Waals surface area contributed by atoms with Gasteiger partial charge in [-0.1, -0.05) is 50.3 Å². The Kier molecular flexibility index (Phi) is 5.78. The predicted molar refractivity (Wildman–Crippen MR) is 120 cm³/mol. The summed E-state index contributed by atoms with van der Waals surface area (Å²) in [6.07, 6.45) is 8.70. The molecule has 1 aromatic carbocycles. The third kappa shape index (κ3) is 3.95. The van der Waals surface area contributed by atoms with Gasteiger partial charge in [0.15, 0.2) is 5.65 Å². The largest absolute Gasteiger partial charge is 0.468 e. The fourth-order valence-corrected chi connectivity index (χ4v) is 5.43. The van der Waals surface area contributed by atoms with E-state index in [0.29, 0.717) is 35.2 Å². The molecule has 5 rings (SSSR count). The molecule has 32 heavy (non-hydrogen) atoms. The molecule has 0 spiro atoms. The minimum Gasteiger partial charge on any atom is -0.468 e. The summed E-state index contributed by atoms with van der Waals surface area (Å²) in [5.41, 5.74) is 1.15. The Labute approximate surface area is 186 Å². The normalized spacial score (nSPS) is 22.4. The molecule has 8 nitrogen and oxygen atoms in total. The third-order valence-corrected chi connectivity index (χ3v) is 7.07. The maximum atomic E-state index is 12.7. The van der Waals surface area contributed by atoms with Crippen LogP contribution in [0.15, 0.2) is 41.3 Å². The molecule has 0 amide bonds. The van der Waals surface area contributed by atoms with Crippen molar-refractivity contribution in [1.29, 1.82) is 0 Å². The molecular formula is C24H29N5O3. The van der Waals surface area contributed by atoms with Crippen LogP contribution in [0, 0.1) is 11.8 Å². The molecule has 2 aliphatic rings. The minimum absolute atomic E-state index is 0.207. The second-order valence-corrected chi connectivity index (χ2v) is 9.00. The van der Waals surface area contributed by atoms with Crippen LogP contribution < -0.4 is 5.56 Å². The number of esters is 1. The van der Waals surface area contributed by atoms with Crippen LogP contribution in [0.25, 0.3) is 16.7 Å². The van der Waals surface area contributed by atoms with Gasteiger partial charge in [0.2, 0.25) is 0 Å². The van der Waals surface area contributed by atoms with Gasteiger partial charge in [0.25, 0.3) is 5.56 Å². The summed E-state index contributed by atoms with van der Waals surface area (Å²) in [7, 11) is 1.44. The zero-order valence-electron chi connectivity index (χ0n) is 18.4. The average molecular weight is 436 g/mol. The molecule has 0 radical (unpaired) electrons. The topological polar surface area (TPSA) is 93.1 Å². The van der Waals surface area contributed by atoms with Gasteiger partial charge in [0, 0.05) is 6.54 Å². The van der Waals surface area contributed by atoms with E-state index in [1.807, 2.05) is 30.3 Å². The number of ether oxygens (including phenoxy) is 1. The summed E-state index contributed by atoms with van der Waals surface area (Å²) in [4.78, 5) is 35.1. The summed E-state index contributed by atoms with van der Waals surface area (Å²) in [6.45, 7) is 1.22. The predicted octanol–water partition coefficient (Wildman–Crippen LogP) is 3.05. The van der Waals surface area contributed by atoms with E-state index in [0.717, 1.165) is 18.7 Å². The Balaban J connectivity index is 1.44. The van der Waals surface area contributed by atoms with Crippen LogP contribution >= 0.6 is 0 Å². The molecule has 8 heteroatoms. The number of rotatable bonds is 5. The molecule has 3 heterocycles. The number of likely N-dealkylation sites (tertiary alicyclic amines) is 1. The van der Waals surface area contributed by atoms with E-state index in [1.54, 1.807) is 10.9 Å². The highest BCUT2D eigenvalue weighted by atomic mass is 16.5. The van der Waals surface area contributed by atoms with Crippen LogP contribution in [-0.2, 0) is 16.1 Å². The highest BCUT2D eigenvalue weighted by Gasteiger charge is 2.41. The SMILES string of the molecule is COC(=O)C1CC(C2CCCCC2)CN1Cc1nc2c(cnn2-c2ccccc2)c(=O)[nH]1. The molecule has 3 aromatic rings. The number of aromatic amines is 1. The number of para-hydroxylation sites is 1. The van der Waals surface area contributed by atoms with Crippen LogP contribution in [0.2, 0.25) is 0 Å². The lowest BCUT2D eigenvalue weighted by molar-refractivity contribution is -0.146. The van der Waals surface area contributed by atoms with Gasteiger partial charge in [-0.3, -0.25) is 14.5 Å². The van der Waals surface area contributed by atoms with E-state index in [2.05, 4.69) is 15.0 Å². The molecule has 1 saturated heterocycles. The molecule has 2 aromatic heterocycles. The van der Waals surface area contributed by atoms with Crippen molar-refractivity contribution in [1.82, 2.24) is 24.6 Å². The lowest BCUT2D eigenvalue weighted by atomic mass is 9.79. The van der Waals surface area contributed by atoms with Gasteiger partial charge in [0.1, 0.15) is 17.3 Å². The molecule has 2 unspecified atom stereocenters. The maximum absolute atomic E-state index is 12.7. The van der Waals surface area contributed by atoms with Crippen molar-refractivity contribution in [3.05, 3.63) is 52.7 Å². The number of fused-ring (bicyclic) bond motifs is 1. The van der Waals surface area contributed by atoms with Crippen molar-refractivity contribution in [2.75, 3.05) is 13.7 Å². The standard InChI is InChI=1S/C24H29N5O3/c1-32-24(31)20-12-17(16-8-4-2-5-9-16)14-28(20)15-21-26-22-19(23(30)27-21)13-25-29(22)18-10-6-3-7-11-18/h3,6-7,10-11,13,16-17,20H,2,4-5,8-9,12,14-15H2,1H3,(H,26,27,30). The number of carbonyl (C=O) groups excluding carboxylic acids is 1. The number of H-pyrrole nitrogens is 1. The Morgan fingerprint density at radius 2 is 1.94 bits per heavy atom. The maximum Gasteiger partial charge on any atom is 0.323 e. The van der Waals surface area contributed by atoms with Crippen molar-refractivity contribution < 1.29 is 9.53 Å². The summed E-state index contributed by atoms with van der Waals surface area (Å²) < 4.78 is 6.79. The van der Waals surface area contributed by atoms with E-state index < -0.39 is 0 Å². The summed E-state index contributed by atoms with van der Waals surface area (Å²) in [5, 5.41) is 4.82. The van der Waals surface area contributed by atoms with Gasteiger partial charge >= 0.3 is 5.97 Å². The Bertz CT molecular complexity index is 1150. The van der Waals surface area contributed by atoms with Gasteiger partial charge in [-0.05, 0) is 30.4 Å². The molecule has 168 valence electrons. The summed E-state index contributed by atoms with van der Waals surface area (Å²) in [5.74, 6) is 1.47. The number of hydrogen-bond acceptors (Lipinski definition) is 6. The van der Waals surface area contributed by atoms with Gasteiger partial charge in [-0.2, -0.15) is 5.10 Å². The van der Waals surface area contributed by atoms with Gasteiger partial charge in [-0.15, -0.1) is 0 Å². The second-order valence-electron chi connectivity index (χ2n) is 9.00. The monoisotopic (exact) mass is 435 g/mol. The quantitative estimate of drug-likeness (QED) is 0.619. The molecule has 1 N–H and O–H groups in total. The molecular weight excluding hydrogens is 406 g/mol. The molecule has 1 saturated carbocycles. The van der Waals surface area contributed by atoms with E-state index >= 15 is 0 Å². The van der Waals surface area contributed by atoms with Gasteiger partial charge < -0.3 is 9.72 Å². The summed E-state index contributed by atoms with van der Waals surface area (Å²) in [6, 6.07) is 9.34. The third-order valence-electron chi connectivity index (χ3n) is 7.07. The number of nitrogens with one attached hydrogen (secondary N) is 1. The Morgan fingerprint density at radius 3 is 2.69 bits per heavy atom. The summed E-state index contributed by atoms with van der Waals surface area (Å²) >= 11 is 0. The number of aromatic nitrogens is 4. The lowest BCUT2D eigenvalue weighted by Gasteiger charge is -2.27. The van der Waals surface area contributed by atoms with Crippen LogP contribution in [-0.4, -0.2) is 50.3 Å². The van der Waals surface area contributed by atoms with E-state index in [9.17, 15) is 9.59 Å². The van der Waals surface area contributed by atoms with Crippen molar-refractivity contribution in [2.45, 2.75) is 51.1 Å². The van der Waals surface area contributed by atoms with Crippen molar-refractivity contribution in [3.63, 3.8) is 0 Å². The van der Waals surface area contributed by atoms with Crippen LogP contribution in [0.1, 0.15) is 44.3 Å². The molecule has 1 aliphatic carbocycles. The van der Waals surface area contributed by atoms with E-state index in [1.165, 1.54) is 39.2 Å². The minimum atomic E-state index is -0.299. The average Bonchev–Trinajstić information content (AvgIpc) is 3.45. The number of nitrogens with zero attached hydrogens (tertiary/aromatic N) is 4. The number of carbonyl (C=O) groups is 1. The zero-order valence-corrected chi connectivity index (χ0v) is 18.4. The van der Waals surface area contributed by atoms with E-state index in [-0.39, 0.29) is 17.6 Å². The molecule has 2 fully saturated rings. The van der Waals surface area contributed by atoms with Crippen molar-refractivity contribution in [2.24, 2.45) is 11.8 Å². The first kappa shape index (κ1) is 20.9. The number of benzene rings is 1. The smallest absolute Gasteiger partial charge is 0.323 e. The van der Waals surface area contributed by atoms with Gasteiger partial charge in [0.05, 0.1) is 25.5 Å². The fourth-order valence-electron chi connectivity index (χ4n) is 5.43. The van der Waals surface area contributed by atoms with Crippen LogP contribution in [0.3, 0.4) is 0 Å². The number of methoxy groups -OCH3 is 1. The van der Waals surface area contributed by atoms with Crippen molar-refractivity contribution >= 4 is 17.0 Å².